The van der Waals surface area contributed by atoms with Crippen molar-refractivity contribution in [3.05, 3.63) is 47.6 Å². The number of guanidine groups is 1. The molecule has 2 N–H and O–H groups in total. The number of aromatic nitrogens is 2. The Bertz CT molecular complexity index is 619. The van der Waals surface area contributed by atoms with Crippen LogP contribution in [0.3, 0.4) is 0 Å². The van der Waals surface area contributed by atoms with E-state index in [0.717, 1.165) is 0 Å². The number of hydrogen-bond donors (Lipinski definition) is 2. The minimum atomic E-state index is -0.140. The Morgan fingerprint density at radius 1 is 1.13 bits per heavy atom. The van der Waals surface area contributed by atoms with E-state index in [1.54, 1.807) is 7.05 Å². The highest BCUT2D eigenvalue weighted by Gasteiger charge is 2.21. The molecule has 6 nitrogen and oxygen atoms in total. The number of hydrogen-bond acceptors (Lipinski definition) is 4. The highest BCUT2D eigenvalue weighted by Crippen LogP contribution is 2.19. The van der Waals surface area contributed by atoms with E-state index in [2.05, 4.69) is 37.9 Å². The van der Waals surface area contributed by atoms with Crippen molar-refractivity contribution in [1.82, 2.24) is 20.8 Å². The molecule has 0 atom stereocenters. The molecule has 2 aromatic rings. The molecule has 0 saturated heterocycles. The van der Waals surface area contributed by atoms with E-state index in [0.29, 0.717) is 30.8 Å². The Morgan fingerprint density at radius 3 is 2.35 bits per heavy atom. The predicted octanol–water partition coefficient (Wildman–Crippen LogP) is 2.85. The molecule has 0 aliphatic heterocycles. The van der Waals surface area contributed by atoms with Crippen molar-refractivity contribution in [2.75, 3.05) is 7.05 Å². The lowest BCUT2D eigenvalue weighted by Gasteiger charge is -2.11. The van der Waals surface area contributed by atoms with Gasteiger partial charge >= 0.3 is 0 Å². The van der Waals surface area contributed by atoms with E-state index in [4.69, 9.17) is 4.52 Å². The average Bonchev–Trinajstić information content (AvgIpc) is 2.97. The Labute approximate surface area is 154 Å². The van der Waals surface area contributed by atoms with E-state index in [-0.39, 0.29) is 29.4 Å². The van der Waals surface area contributed by atoms with Crippen molar-refractivity contribution in [3.63, 3.8) is 0 Å². The summed E-state index contributed by atoms with van der Waals surface area (Å²) in [5, 5.41) is 10.4. The fourth-order valence-corrected chi connectivity index (χ4v) is 1.80. The van der Waals surface area contributed by atoms with Crippen molar-refractivity contribution in [2.45, 2.75) is 39.3 Å². The second-order valence-electron chi connectivity index (χ2n) is 6.03. The molecule has 1 aromatic carbocycles. The molecule has 1 heterocycles. The van der Waals surface area contributed by atoms with Gasteiger partial charge in [0.2, 0.25) is 5.89 Å². The van der Waals surface area contributed by atoms with Crippen LogP contribution in [0, 0.1) is 0 Å². The van der Waals surface area contributed by atoms with Crippen LogP contribution in [0.15, 0.2) is 39.8 Å². The second-order valence-corrected chi connectivity index (χ2v) is 6.03. The first-order valence-electron chi connectivity index (χ1n) is 7.30. The van der Waals surface area contributed by atoms with Crippen LogP contribution in [-0.2, 0) is 18.5 Å². The third-order valence-electron chi connectivity index (χ3n) is 3.05. The lowest BCUT2D eigenvalue weighted by atomic mass is 9.97. The maximum absolute atomic E-state index is 5.26. The number of aliphatic imine (C=N–C) groups is 1. The Balaban J connectivity index is 0.00000264. The van der Waals surface area contributed by atoms with Crippen molar-refractivity contribution >= 4 is 29.9 Å². The van der Waals surface area contributed by atoms with Gasteiger partial charge in [0.25, 0.3) is 0 Å². The number of halogens is 1. The third kappa shape index (κ3) is 6.17. The molecule has 0 aliphatic rings. The standard InChI is InChI=1S/C16H23N5O.HI/c1-16(2,3)14-20-13(21-22-14)11-19-15(17-4)18-10-12-8-6-5-7-9-12;/h5-9H,10-11H2,1-4H3,(H2,17,18,19);1H. The number of rotatable bonds is 4. The smallest absolute Gasteiger partial charge is 0.232 e. The normalized spacial score (nSPS) is 11.7. The van der Waals surface area contributed by atoms with Gasteiger partial charge in [-0.15, -0.1) is 24.0 Å². The summed E-state index contributed by atoms with van der Waals surface area (Å²) in [7, 11) is 1.73. The molecule has 126 valence electrons. The van der Waals surface area contributed by atoms with Crippen LogP contribution in [-0.4, -0.2) is 23.1 Å². The van der Waals surface area contributed by atoms with Crippen LogP contribution in [0.2, 0.25) is 0 Å². The SMILES string of the molecule is CN=C(NCc1ccccc1)NCc1noc(C(C)(C)C)n1.I. The summed E-state index contributed by atoms with van der Waals surface area (Å²) in [6.07, 6.45) is 0. The van der Waals surface area contributed by atoms with Crippen molar-refractivity contribution in [3.8, 4) is 0 Å². The number of benzene rings is 1. The molecule has 0 bridgehead atoms. The lowest BCUT2D eigenvalue weighted by Crippen LogP contribution is -2.36. The summed E-state index contributed by atoms with van der Waals surface area (Å²) in [5.74, 6) is 1.95. The fourth-order valence-electron chi connectivity index (χ4n) is 1.80. The van der Waals surface area contributed by atoms with E-state index in [1.807, 2.05) is 39.0 Å². The van der Waals surface area contributed by atoms with Gasteiger partial charge in [-0.25, -0.2) is 0 Å². The molecular formula is C16H24IN5O. The van der Waals surface area contributed by atoms with Crippen LogP contribution in [0.4, 0.5) is 0 Å². The molecule has 23 heavy (non-hydrogen) atoms. The lowest BCUT2D eigenvalue weighted by molar-refractivity contribution is 0.318. The Hall–Kier alpha value is -1.64. The summed E-state index contributed by atoms with van der Waals surface area (Å²) >= 11 is 0. The summed E-state index contributed by atoms with van der Waals surface area (Å²) in [6, 6.07) is 10.2. The van der Waals surface area contributed by atoms with Crippen LogP contribution < -0.4 is 10.6 Å². The van der Waals surface area contributed by atoms with E-state index < -0.39 is 0 Å². The zero-order valence-corrected chi connectivity index (χ0v) is 16.3. The molecule has 2 rings (SSSR count). The monoisotopic (exact) mass is 429 g/mol. The van der Waals surface area contributed by atoms with Crippen LogP contribution in [0.25, 0.3) is 0 Å². The zero-order chi connectivity index (χ0) is 16.0. The topological polar surface area (TPSA) is 75.3 Å². The highest BCUT2D eigenvalue weighted by atomic mass is 127. The van der Waals surface area contributed by atoms with Gasteiger partial charge < -0.3 is 15.2 Å². The fraction of sp³-hybridized carbons (Fsp3) is 0.438. The van der Waals surface area contributed by atoms with Gasteiger partial charge in [0.15, 0.2) is 11.8 Å². The molecule has 0 saturated carbocycles. The largest absolute Gasteiger partial charge is 0.352 e. The van der Waals surface area contributed by atoms with Gasteiger partial charge in [0.05, 0.1) is 6.54 Å². The number of nitrogens with one attached hydrogen (secondary N) is 2. The van der Waals surface area contributed by atoms with Gasteiger partial charge in [0, 0.05) is 19.0 Å². The first-order chi connectivity index (χ1) is 10.5. The first kappa shape index (κ1) is 19.4. The van der Waals surface area contributed by atoms with Crippen LogP contribution in [0.1, 0.15) is 38.0 Å². The highest BCUT2D eigenvalue weighted by molar-refractivity contribution is 14.0. The van der Waals surface area contributed by atoms with Gasteiger partial charge in [-0.1, -0.05) is 56.3 Å². The minimum Gasteiger partial charge on any atom is -0.352 e. The maximum atomic E-state index is 5.26. The van der Waals surface area contributed by atoms with Gasteiger partial charge in [-0.3, -0.25) is 4.99 Å². The van der Waals surface area contributed by atoms with E-state index in [1.165, 1.54) is 5.56 Å². The van der Waals surface area contributed by atoms with Crippen molar-refractivity contribution in [1.29, 1.82) is 0 Å². The zero-order valence-electron chi connectivity index (χ0n) is 14.0. The summed E-state index contributed by atoms with van der Waals surface area (Å²) in [4.78, 5) is 8.56. The molecular weight excluding hydrogens is 405 g/mol. The van der Waals surface area contributed by atoms with Crippen LogP contribution in [0.5, 0.6) is 0 Å². The Morgan fingerprint density at radius 2 is 1.78 bits per heavy atom. The molecule has 0 unspecified atom stereocenters. The van der Waals surface area contributed by atoms with Crippen molar-refractivity contribution < 1.29 is 4.52 Å². The molecule has 7 heteroatoms. The third-order valence-corrected chi connectivity index (χ3v) is 3.05. The molecule has 0 aliphatic carbocycles. The maximum Gasteiger partial charge on any atom is 0.232 e. The van der Waals surface area contributed by atoms with E-state index in [9.17, 15) is 0 Å². The molecule has 0 spiro atoms. The van der Waals surface area contributed by atoms with E-state index >= 15 is 0 Å². The summed E-state index contributed by atoms with van der Waals surface area (Å²) < 4.78 is 5.26. The van der Waals surface area contributed by atoms with Crippen molar-refractivity contribution in [2.24, 2.45) is 4.99 Å². The number of nitrogens with zero attached hydrogens (tertiary/aromatic N) is 3. The molecule has 1 aromatic heterocycles. The quantitative estimate of drug-likeness (QED) is 0.444. The summed E-state index contributed by atoms with van der Waals surface area (Å²) in [6.45, 7) is 7.29. The Kier molecular flexibility index (Phi) is 7.47. The molecule has 0 amide bonds. The average molecular weight is 429 g/mol. The molecule has 0 fully saturated rings. The molecule has 0 radical (unpaired) electrons. The summed E-state index contributed by atoms with van der Waals surface area (Å²) in [5.41, 5.74) is 1.05. The predicted molar refractivity (Wildman–Crippen MR) is 102 cm³/mol. The van der Waals surface area contributed by atoms with Gasteiger partial charge in [-0.05, 0) is 5.56 Å². The van der Waals surface area contributed by atoms with Gasteiger partial charge in [0.1, 0.15) is 0 Å². The second kappa shape index (κ2) is 8.85. The first-order valence-corrected chi connectivity index (χ1v) is 7.30. The van der Waals surface area contributed by atoms with Gasteiger partial charge in [-0.2, -0.15) is 4.98 Å². The minimum absolute atomic E-state index is 0. The van der Waals surface area contributed by atoms with Crippen LogP contribution >= 0.6 is 24.0 Å².